The first-order valence-corrected chi connectivity index (χ1v) is 6.19. The monoisotopic (exact) mass is 238 g/mol. The predicted octanol–water partition coefficient (Wildman–Crippen LogP) is 1.84. The molecule has 0 aliphatic carbocycles. The van der Waals surface area contributed by atoms with E-state index in [0.717, 1.165) is 12.2 Å². The highest BCUT2D eigenvalue weighted by atomic mass is 15.2. The lowest BCUT2D eigenvalue weighted by molar-refractivity contribution is 0.258. The largest absolute Gasteiger partial charge is 0.328 e. The zero-order valence-corrected chi connectivity index (χ0v) is 11.9. The van der Waals surface area contributed by atoms with Crippen LogP contribution in [0.3, 0.4) is 0 Å². The van der Waals surface area contributed by atoms with Gasteiger partial charge in [-0.25, -0.2) is 4.98 Å². The second-order valence-electron chi connectivity index (χ2n) is 5.98. The van der Waals surface area contributed by atoms with Gasteiger partial charge >= 0.3 is 0 Å². The summed E-state index contributed by atoms with van der Waals surface area (Å²) in [4.78, 5) is 6.47. The predicted molar refractivity (Wildman–Crippen MR) is 71.9 cm³/mol. The highest BCUT2D eigenvalue weighted by Crippen LogP contribution is 2.25. The van der Waals surface area contributed by atoms with Crippen molar-refractivity contribution in [2.45, 2.75) is 39.3 Å². The van der Waals surface area contributed by atoms with Crippen molar-refractivity contribution >= 4 is 0 Å². The average Bonchev–Trinajstić information content (AvgIpc) is 2.60. The molecule has 0 aliphatic heterocycles. The van der Waals surface area contributed by atoms with Crippen LogP contribution < -0.4 is 5.73 Å². The molecule has 0 radical (unpaired) electrons. The lowest BCUT2D eigenvalue weighted by Gasteiger charge is -2.30. The summed E-state index contributed by atoms with van der Waals surface area (Å²) >= 11 is 0. The summed E-state index contributed by atoms with van der Waals surface area (Å²) < 4.78 is 2.23. The first-order chi connectivity index (χ1) is 7.73. The Hall–Kier alpha value is -0.870. The lowest BCUT2D eigenvalue weighted by atomic mass is 9.99. The Balaban J connectivity index is 3.07. The number of hydrogen-bond donors (Lipinski definition) is 1. The third-order valence-corrected chi connectivity index (χ3v) is 3.01. The number of likely N-dealkylation sites (N-methyl/N-ethyl adjacent to an activating group) is 1. The molecule has 0 aliphatic rings. The highest BCUT2D eigenvalue weighted by molar-refractivity contribution is 5.11. The second-order valence-corrected chi connectivity index (χ2v) is 5.98. The van der Waals surface area contributed by atoms with E-state index in [1.165, 1.54) is 0 Å². The number of rotatable bonds is 5. The topological polar surface area (TPSA) is 47.1 Å². The first kappa shape index (κ1) is 14.2. The van der Waals surface area contributed by atoms with Gasteiger partial charge in [0.25, 0.3) is 0 Å². The molecule has 1 aromatic rings. The van der Waals surface area contributed by atoms with Crippen LogP contribution in [0.5, 0.6) is 0 Å². The molecule has 1 rings (SSSR count). The van der Waals surface area contributed by atoms with Gasteiger partial charge < -0.3 is 15.2 Å². The van der Waals surface area contributed by atoms with Crippen molar-refractivity contribution in [1.82, 2.24) is 14.5 Å². The standard InChI is InChI=1S/C13H26N4/c1-10(2)11(8-16(5)6)17-9-15-7-12(17)13(3,4)14/h7,9-11H,8,14H2,1-6H3. The van der Waals surface area contributed by atoms with Crippen LogP contribution in [0, 0.1) is 5.92 Å². The van der Waals surface area contributed by atoms with Crippen molar-refractivity contribution in [2.24, 2.45) is 11.7 Å². The van der Waals surface area contributed by atoms with Crippen LogP contribution in [0.15, 0.2) is 12.5 Å². The van der Waals surface area contributed by atoms with Crippen LogP contribution in [-0.2, 0) is 5.54 Å². The SMILES string of the molecule is CC(C)C(CN(C)C)n1cncc1C(C)(C)N. The Morgan fingerprint density at radius 2 is 2.00 bits per heavy atom. The fourth-order valence-electron chi connectivity index (χ4n) is 2.06. The Morgan fingerprint density at radius 1 is 1.41 bits per heavy atom. The van der Waals surface area contributed by atoms with Crippen LogP contribution in [0.1, 0.15) is 39.4 Å². The van der Waals surface area contributed by atoms with Gasteiger partial charge in [0.15, 0.2) is 0 Å². The molecule has 0 bridgehead atoms. The van der Waals surface area contributed by atoms with Gasteiger partial charge in [0.1, 0.15) is 0 Å². The summed E-state index contributed by atoms with van der Waals surface area (Å²) in [7, 11) is 4.19. The van der Waals surface area contributed by atoms with Crippen LogP contribution >= 0.6 is 0 Å². The maximum atomic E-state index is 6.20. The molecule has 0 amide bonds. The van der Waals surface area contributed by atoms with Gasteiger partial charge in [-0.05, 0) is 33.9 Å². The molecule has 98 valence electrons. The van der Waals surface area contributed by atoms with E-state index in [2.05, 4.69) is 42.4 Å². The van der Waals surface area contributed by atoms with Gasteiger partial charge in [0.05, 0.1) is 17.6 Å². The zero-order chi connectivity index (χ0) is 13.2. The first-order valence-electron chi connectivity index (χ1n) is 6.19. The number of hydrogen-bond acceptors (Lipinski definition) is 3. The third kappa shape index (κ3) is 3.54. The molecule has 1 heterocycles. The number of nitrogens with two attached hydrogens (primary N) is 1. The summed E-state index contributed by atoms with van der Waals surface area (Å²) in [6, 6.07) is 0.408. The molecule has 0 spiro atoms. The van der Waals surface area contributed by atoms with Gasteiger partial charge in [0, 0.05) is 18.8 Å². The van der Waals surface area contributed by atoms with Crippen molar-refractivity contribution in [1.29, 1.82) is 0 Å². The molecule has 0 fully saturated rings. The Kier molecular flexibility index (Phi) is 4.33. The van der Waals surface area contributed by atoms with E-state index in [9.17, 15) is 0 Å². The fourth-order valence-corrected chi connectivity index (χ4v) is 2.06. The van der Waals surface area contributed by atoms with Crippen molar-refractivity contribution in [3.63, 3.8) is 0 Å². The van der Waals surface area contributed by atoms with Crippen LogP contribution in [0.4, 0.5) is 0 Å². The third-order valence-electron chi connectivity index (χ3n) is 3.01. The van der Waals surface area contributed by atoms with E-state index in [1.54, 1.807) is 0 Å². The summed E-state index contributed by atoms with van der Waals surface area (Å²) in [5, 5.41) is 0. The normalized spacial score (nSPS) is 14.6. The molecule has 2 N–H and O–H groups in total. The molecule has 4 nitrogen and oxygen atoms in total. The Morgan fingerprint density at radius 3 is 2.41 bits per heavy atom. The second kappa shape index (κ2) is 5.19. The minimum absolute atomic E-state index is 0.351. The minimum atomic E-state index is -0.351. The van der Waals surface area contributed by atoms with E-state index in [4.69, 9.17) is 5.73 Å². The van der Waals surface area contributed by atoms with Gasteiger partial charge in [-0.15, -0.1) is 0 Å². The van der Waals surface area contributed by atoms with Crippen molar-refractivity contribution < 1.29 is 0 Å². The van der Waals surface area contributed by atoms with E-state index >= 15 is 0 Å². The summed E-state index contributed by atoms with van der Waals surface area (Å²) in [6.45, 7) is 9.52. The van der Waals surface area contributed by atoms with Gasteiger partial charge in [-0.2, -0.15) is 0 Å². The molecule has 17 heavy (non-hydrogen) atoms. The van der Waals surface area contributed by atoms with Gasteiger partial charge in [-0.1, -0.05) is 13.8 Å². The van der Waals surface area contributed by atoms with Crippen LogP contribution in [0.2, 0.25) is 0 Å². The number of nitrogens with zero attached hydrogens (tertiary/aromatic N) is 3. The fraction of sp³-hybridized carbons (Fsp3) is 0.769. The van der Waals surface area contributed by atoms with Crippen LogP contribution in [-0.4, -0.2) is 35.1 Å². The zero-order valence-electron chi connectivity index (χ0n) is 11.9. The Labute approximate surface area is 105 Å². The summed E-state index contributed by atoms with van der Waals surface area (Å²) in [6.07, 6.45) is 3.78. The van der Waals surface area contributed by atoms with Gasteiger partial charge in [0.2, 0.25) is 0 Å². The summed E-state index contributed by atoms with van der Waals surface area (Å²) in [5.41, 5.74) is 6.94. The van der Waals surface area contributed by atoms with Crippen molar-refractivity contribution in [3.8, 4) is 0 Å². The maximum Gasteiger partial charge on any atom is 0.0951 e. The molecule has 0 saturated heterocycles. The molecular formula is C13H26N4. The van der Waals surface area contributed by atoms with Crippen LogP contribution in [0.25, 0.3) is 0 Å². The molecule has 4 heteroatoms. The molecule has 1 aromatic heterocycles. The lowest BCUT2D eigenvalue weighted by Crippen LogP contribution is -2.36. The van der Waals surface area contributed by atoms with Gasteiger partial charge in [-0.3, -0.25) is 0 Å². The van der Waals surface area contributed by atoms with Crippen molar-refractivity contribution in [3.05, 3.63) is 18.2 Å². The Bertz CT molecular complexity index is 347. The highest BCUT2D eigenvalue weighted by Gasteiger charge is 2.25. The molecule has 0 saturated carbocycles. The molecular weight excluding hydrogens is 212 g/mol. The summed E-state index contributed by atoms with van der Waals surface area (Å²) in [5.74, 6) is 0.549. The molecule has 1 unspecified atom stereocenters. The number of aromatic nitrogens is 2. The average molecular weight is 238 g/mol. The quantitative estimate of drug-likeness (QED) is 0.851. The maximum absolute atomic E-state index is 6.20. The number of imidazole rings is 1. The van der Waals surface area contributed by atoms with E-state index in [-0.39, 0.29) is 5.54 Å². The molecule has 0 aromatic carbocycles. The molecule has 1 atom stereocenters. The smallest absolute Gasteiger partial charge is 0.0951 e. The minimum Gasteiger partial charge on any atom is -0.328 e. The van der Waals surface area contributed by atoms with E-state index in [0.29, 0.717) is 12.0 Å². The van der Waals surface area contributed by atoms with Crippen molar-refractivity contribution in [2.75, 3.05) is 20.6 Å². The van der Waals surface area contributed by atoms with E-state index < -0.39 is 0 Å². The van der Waals surface area contributed by atoms with E-state index in [1.807, 2.05) is 26.4 Å².